The Kier molecular flexibility index (Phi) is 3.15. The van der Waals surface area contributed by atoms with Crippen LogP contribution in [0.5, 0.6) is 11.5 Å². The molecule has 3 rings (SSSR count). The minimum atomic E-state index is -0.311. The van der Waals surface area contributed by atoms with Crippen molar-refractivity contribution in [3.8, 4) is 22.8 Å². The third-order valence-corrected chi connectivity index (χ3v) is 3.32. The second-order valence-corrected chi connectivity index (χ2v) is 4.82. The summed E-state index contributed by atoms with van der Waals surface area (Å²) in [5, 5.41) is 0. The van der Waals surface area contributed by atoms with Gasteiger partial charge in [0.15, 0.2) is 0 Å². The monoisotopic (exact) mass is 261 g/mol. The lowest BCUT2D eigenvalue weighted by molar-refractivity contribution is 0.298. The summed E-state index contributed by atoms with van der Waals surface area (Å²) in [5.74, 6) is 1.56. The van der Waals surface area contributed by atoms with Crippen LogP contribution in [-0.4, -0.2) is 18.7 Å². The lowest BCUT2D eigenvalue weighted by atomic mass is 10.1. The van der Waals surface area contributed by atoms with Crippen LogP contribution in [0.2, 0.25) is 0 Å². The lowest BCUT2D eigenvalue weighted by Gasteiger charge is -2.08. The smallest absolute Gasteiger partial charge is 0.144 e. The van der Waals surface area contributed by atoms with E-state index in [0.717, 1.165) is 0 Å². The summed E-state index contributed by atoms with van der Waals surface area (Å²) < 4.78 is 24.9. The first kappa shape index (κ1) is 12.1. The third-order valence-electron chi connectivity index (χ3n) is 3.32. The van der Waals surface area contributed by atoms with E-state index in [1.807, 2.05) is 0 Å². The zero-order valence-electron chi connectivity index (χ0n) is 10.8. The van der Waals surface area contributed by atoms with Gasteiger partial charge in [0.1, 0.15) is 17.3 Å². The minimum Gasteiger partial charge on any atom is -0.494 e. The van der Waals surface area contributed by atoms with Gasteiger partial charge in [-0.15, -0.1) is 0 Å². The van der Waals surface area contributed by atoms with Crippen molar-refractivity contribution in [3.05, 3.63) is 36.3 Å². The summed E-state index contributed by atoms with van der Waals surface area (Å²) in [5.41, 5.74) is 1.13. The Labute approximate surface area is 111 Å². The highest BCUT2D eigenvalue weighted by Gasteiger charge is 2.22. The Morgan fingerprint density at radius 3 is 2.84 bits per heavy atom. The van der Waals surface area contributed by atoms with Crippen molar-refractivity contribution in [1.29, 1.82) is 0 Å². The van der Waals surface area contributed by atoms with Crippen molar-refractivity contribution < 1.29 is 13.9 Å². The largest absolute Gasteiger partial charge is 0.494 e. The van der Waals surface area contributed by atoms with Crippen molar-refractivity contribution in [2.75, 3.05) is 13.7 Å². The fraction of sp³-hybridized carbons (Fsp3) is 0.333. The maximum atomic E-state index is 14.1. The summed E-state index contributed by atoms with van der Waals surface area (Å²) in [6.07, 6.45) is 4.17. The number of nitrogens with one attached hydrogen (secondary N) is 1. The Bertz CT molecular complexity index is 575. The molecule has 19 heavy (non-hydrogen) atoms. The number of halogens is 1. The van der Waals surface area contributed by atoms with Crippen LogP contribution < -0.4 is 9.47 Å². The Morgan fingerprint density at radius 1 is 1.32 bits per heavy atom. The van der Waals surface area contributed by atoms with E-state index >= 15 is 0 Å². The predicted molar refractivity (Wildman–Crippen MR) is 71.0 cm³/mol. The van der Waals surface area contributed by atoms with E-state index in [1.165, 1.54) is 18.9 Å². The average Bonchev–Trinajstić information content (AvgIpc) is 3.13. The molecule has 1 aliphatic rings. The molecule has 1 fully saturated rings. The van der Waals surface area contributed by atoms with E-state index in [-0.39, 0.29) is 5.82 Å². The van der Waals surface area contributed by atoms with E-state index in [1.54, 1.807) is 31.5 Å². The first-order valence-electron chi connectivity index (χ1n) is 6.42. The molecule has 0 unspecified atom stereocenters. The van der Waals surface area contributed by atoms with Gasteiger partial charge in [-0.2, -0.15) is 0 Å². The molecule has 1 saturated carbocycles. The minimum absolute atomic E-state index is 0.311. The number of methoxy groups -OCH3 is 1. The SMILES string of the molecule is COc1cc[nH]c1-c1ccc(OCC2CC2)cc1F. The fourth-order valence-corrected chi connectivity index (χ4v) is 2.02. The van der Waals surface area contributed by atoms with Crippen molar-refractivity contribution in [1.82, 2.24) is 4.98 Å². The number of hydrogen-bond donors (Lipinski definition) is 1. The van der Waals surface area contributed by atoms with Crippen LogP contribution in [0.25, 0.3) is 11.3 Å². The average molecular weight is 261 g/mol. The molecule has 0 saturated heterocycles. The number of aromatic nitrogens is 1. The van der Waals surface area contributed by atoms with Crippen LogP contribution in [0.1, 0.15) is 12.8 Å². The van der Waals surface area contributed by atoms with Crippen LogP contribution in [0, 0.1) is 11.7 Å². The van der Waals surface area contributed by atoms with E-state index in [9.17, 15) is 4.39 Å². The lowest BCUT2D eigenvalue weighted by Crippen LogP contribution is -1.99. The van der Waals surface area contributed by atoms with Crippen LogP contribution in [0.4, 0.5) is 4.39 Å². The number of benzene rings is 1. The summed E-state index contributed by atoms with van der Waals surface area (Å²) in [6.45, 7) is 0.685. The van der Waals surface area contributed by atoms with E-state index in [2.05, 4.69) is 4.98 Å². The molecule has 0 atom stereocenters. The van der Waals surface area contributed by atoms with Gasteiger partial charge in [0.05, 0.1) is 19.4 Å². The van der Waals surface area contributed by atoms with E-state index in [4.69, 9.17) is 9.47 Å². The Balaban J connectivity index is 1.82. The second-order valence-electron chi connectivity index (χ2n) is 4.82. The number of aromatic amines is 1. The molecule has 100 valence electrons. The number of hydrogen-bond acceptors (Lipinski definition) is 2. The molecule has 1 aromatic carbocycles. The van der Waals surface area contributed by atoms with Gasteiger partial charge in [-0.1, -0.05) is 0 Å². The van der Waals surface area contributed by atoms with Gasteiger partial charge in [-0.25, -0.2) is 4.39 Å². The maximum absolute atomic E-state index is 14.1. The zero-order valence-corrected chi connectivity index (χ0v) is 10.8. The Morgan fingerprint density at radius 2 is 2.16 bits per heavy atom. The quantitative estimate of drug-likeness (QED) is 0.892. The second kappa shape index (κ2) is 4.96. The molecule has 4 heteroatoms. The molecule has 0 radical (unpaired) electrons. The van der Waals surface area contributed by atoms with Gasteiger partial charge in [-0.05, 0) is 37.0 Å². The van der Waals surface area contributed by atoms with Crippen LogP contribution in [-0.2, 0) is 0 Å². The van der Waals surface area contributed by atoms with Gasteiger partial charge in [0.25, 0.3) is 0 Å². The van der Waals surface area contributed by atoms with E-state index in [0.29, 0.717) is 35.3 Å². The fourth-order valence-electron chi connectivity index (χ4n) is 2.02. The molecule has 1 N–H and O–H groups in total. The first-order chi connectivity index (χ1) is 9.28. The van der Waals surface area contributed by atoms with Crippen molar-refractivity contribution >= 4 is 0 Å². The van der Waals surface area contributed by atoms with Gasteiger partial charge in [-0.3, -0.25) is 0 Å². The highest BCUT2D eigenvalue weighted by atomic mass is 19.1. The highest BCUT2D eigenvalue weighted by Crippen LogP contribution is 2.33. The Hall–Kier alpha value is -1.97. The zero-order chi connectivity index (χ0) is 13.2. The maximum Gasteiger partial charge on any atom is 0.144 e. The summed E-state index contributed by atoms with van der Waals surface area (Å²) >= 11 is 0. The molecule has 1 heterocycles. The molecule has 0 spiro atoms. The molecule has 0 aliphatic heterocycles. The normalized spacial score (nSPS) is 14.4. The van der Waals surface area contributed by atoms with Gasteiger partial charge >= 0.3 is 0 Å². The molecule has 0 bridgehead atoms. The summed E-state index contributed by atoms with van der Waals surface area (Å²) in [4.78, 5) is 2.99. The van der Waals surface area contributed by atoms with Crippen LogP contribution >= 0.6 is 0 Å². The molecule has 1 aliphatic carbocycles. The highest BCUT2D eigenvalue weighted by molar-refractivity contribution is 5.68. The van der Waals surface area contributed by atoms with Crippen LogP contribution in [0.15, 0.2) is 30.5 Å². The molecule has 2 aromatic rings. The molecule has 1 aromatic heterocycles. The first-order valence-corrected chi connectivity index (χ1v) is 6.42. The van der Waals surface area contributed by atoms with Crippen molar-refractivity contribution in [2.24, 2.45) is 5.92 Å². The van der Waals surface area contributed by atoms with Crippen LogP contribution in [0.3, 0.4) is 0 Å². The summed E-state index contributed by atoms with van der Waals surface area (Å²) in [7, 11) is 1.57. The molecular weight excluding hydrogens is 245 g/mol. The van der Waals surface area contributed by atoms with Gasteiger partial charge in [0.2, 0.25) is 0 Å². The predicted octanol–water partition coefficient (Wildman–Crippen LogP) is 3.62. The molecular formula is C15H16FNO2. The molecule has 3 nitrogen and oxygen atoms in total. The standard InChI is InChI=1S/C15H16FNO2/c1-18-14-6-7-17-15(14)12-5-4-11(8-13(12)16)19-9-10-2-3-10/h4-8,10,17H,2-3,9H2,1H3. The van der Waals surface area contributed by atoms with Crippen molar-refractivity contribution in [2.45, 2.75) is 12.8 Å². The van der Waals surface area contributed by atoms with Crippen molar-refractivity contribution in [3.63, 3.8) is 0 Å². The number of rotatable bonds is 5. The van der Waals surface area contributed by atoms with Gasteiger partial charge in [0, 0.05) is 17.8 Å². The van der Waals surface area contributed by atoms with E-state index < -0.39 is 0 Å². The molecule has 0 amide bonds. The summed E-state index contributed by atoms with van der Waals surface area (Å²) in [6, 6.07) is 6.71. The number of ether oxygens (including phenoxy) is 2. The topological polar surface area (TPSA) is 34.2 Å². The van der Waals surface area contributed by atoms with Gasteiger partial charge < -0.3 is 14.5 Å². The third kappa shape index (κ3) is 2.57. The number of H-pyrrole nitrogens is 1.